The molecule has 9 heteroatoms. The molecule has 0 unspecified atom stereocenters. The van der Waals surface area contributed by atoms with Crippen molar-refractivity contribution in [2.75, 3.05) is 11.9 Å². The minimum Gasteiger partial charge on any atom is -0.360 e. The second kappa shape index (κ2) is 8.49. The Morgan fingerprint density at radius 1 is 1.22 bits per heavy atom. The Bertz CT molecular complexity index is 540. The summed E-state index contributed by atoms with van der Waals surface area (Å²) in [6.07, 6.45) is 0. The summed E-state index contributed by atoms with van der Waals surface area (Å²) in [5.74, 6) is 0.157. The van der Waals surface area contributed by atoms with Crippen molar-refractivity contribution in [1.82, 2.24) is 20.8 Å². The number of carbonyl (C=O) groups excluding carboxylic acids is 2. The Kier molecular flexibility index (Phi) is 7.27. The quantitative estimate of drug-likeness (QED) is 0.676. The van der Waals surface area contributed by atoms with Crippen molar-refractivity contribution in [2.24, 2.45) is 5.92 Å². The molecule has 0 aliphatic heterocycles. The van der Waals surface area contributed by atoms with E-state index in [-0.39, 0.29) is 5.91 Å². The molecule has 0 bridgehead atoms. The van der Waals surface area contributed by atoms with Crippen molar-refractivity contribution in [3.63, 3.8) is 0 Å². The molecule has 0 saturated carbocycles. The van der Waals surface area contributed by atoms with Crippen LogP contribution in [0.5, 0.6) is 0 Å². The molecule has 0 radical (unpaired) electrons. The minimum absolute atomic E-state index is 0.358. The van der Waals surface area contributed by atoms with Crippen LogP contribution in [0.3, 0.4) is 0 Å². The molecule has 0 saturated heterocycles. The van der Waals surface area contributed by atoms with Gasteiger partial charge in [0.1, 0.15) is 0 Å². The van der Waals surface area contributed by atoms with E-state index < -0.39 is 16.8 Å². The third kappa shape index (κ3) is 8.17. The van der Waals surface area contributed by atoms with E-state index >= 15 is 0 Å². The molecular weight excluding hydrogens is 334 g/mol. The fraction of sp³-hybridized carbons (Fsp3) is 0.714. The first-order valence-corrected chi connectivity index (χ1v) is 9.13. The molecule has 1 aromatic rings. The van der Waals surface area contributed by atoms with E-state index in [1.54, 1.807) is 6.92 Å². The van der Waals surface area contributed by atoms with Gasteiger partial charge >= 0.3 is 6.03 Å². The first-order chi connectivity index (χ1) is 10.6. The number of thioether (sulfide) groups is 1. The summed E-state index contributed by atoms with van der Waals surface area (Å²) in [4.78, 5) is 23.7. The second-order valence-corrected chi connectivity index (χ2v) is 9.17. The predicted octanol–water partition coefficient (Wildman–Crippen LogP) is 2.71. The van der Waals surface area contributed by atoms with Crippen LogP contribution in [0.15, 0.2) is 4.34 Å². The number of nitrogens with zero attached hydrogens (tertiary/aromatic N) is 2. The molecule has 130 valence electrons. The number of carbonyl (C=O) groups is 2. The molecule has 0 spiro atoms. The van der Waals surface area contributed by atoms with Crippen molar-refractivity contribution in [2.45, 2.75) is 56.7 Å². The highest BCUT2D eigenvalue weighted by Gasteiger charge is 2.21. The Hall–Kier alpha value is -1.35. The topological polar surface area (TPSA) is 96.0 Å². The number of hydrogen-bond acceptors (Lipinski definition) is 7. The zero-order valence-corrected chi connectivity index (χ0v) is 16.0. The summed E-state index contributed by atoms with van der Waals surface area (Å²) in [5, 5.41) is 16.6. The van der Waals surface area contributed by atoms with Crippen LogP contribution >= 0.6 is 23.1 Å². The smallest absolute Gasteiger partial charge is 0.321 e. The summed E-state index contributed by atoms with van der Waals surface area (Å²) in [6.45, 7) is 12.3. The van der Waals surface area contributed by atoms with Crippen molar-refractivity contribution in [3.8, 4) is 0 Å². The lowest BCUT2D eigenvalue weighted by molar-refractivity contribution is -0.119. The van der Waals surface area contributed by atoms with Crippen LogP contribution < -0.4 is 16.0 Å². The van der Waals surface area contributed by atoms with Crippen LogP contribution in [-0.4, -0.2) is 39.5 Å². The number of imide groups is 1. The summed E-state index contributed by atoms with van der Waals surface area (Å²) in [7, 11) is 0. The molecule has 1 atom stereocenters. The van der Waals surface area contributed by atoms with Crippen molar-refractivity contribution in [1.29, 1.82) is 0 Å². The van der Waals surface area contributed by atoms with Crippen LogP contribution in [-0.2, 0) is 4.79 Å². The van der Waals surface area contributed by atoms with Gasteiger partial charge in [0.05, 0.1) is 5.25 Å². The SMILES string of the molecule is CC(C)CNc1nnc(S[C@@H](C)C(=O)NC(=O)NC(C)(C)C)s1. The lowest BCUT2D eigenvalue weighted by Gasteiger charge is -2.20. The van der Waals surface area contributed by atoms with Crippen LogP contribution in [0.2, 0.25) is 0 Å². The number of aromatic nitrogens is 2. The lowest BCUT2D eigenvalue weighted by atomic mass is 10.1. The van der Waals surface area contributed by atoms with E-state index in [0.29, 0.717) is 10.3 Å². The largest absolute Gasteiger partial charge is 0.360 e. The normalized spacial score (nSPS) is 12.8. The Morgan fingerprint density at radius 2 is 1.87 bits per heavy atom. The van der Waals surface area contributed by atoms with Gasteiger partial charge in [-0.2, -0.15) is 0 Å². The highest BCUT2D eigenvalue weighted by Crippen LogP contribution is 2.28. The predicted molar refractivity (Wildman–Crippen MR) is 95.0 cm³/mol. The van der Waals surface area contributed by atoms with Gasteiger partial charge in [0.15, 0.2) is 4.34 Å². The van der Waals surface area contributed by atoms with Crippen molar-refractivity contribution in [3.05, 3.63) is 0 Å². The minimum atomic E-state index is -0.494. The molecule has 3 N–H and O–H groups in total. The highest BCUT2D eigenvalue weighted by atomic mass is 32.2. The van der Waals surface area contributed by atoms with Crippen LogP contribution in [0.1, 0.15) is 41.5 Å². The van der Waals surface area contributed by atoms with Crippen LogP contribution in [0.25, 0.3) is 0 Å². The van der Waals surface area contributed by atoms with Crippen molar-refractivity contribution >= 4 is 40.2 Å². The third-order valence-corrected chi connectivity index (χ3v) is 4.51. The molecular formula is C14H25N5O2S2. The van der Waals surface area contributed by atoms with Gasteiger partial charge in [-0.25, -0.2) is 4.79 Å². The molecule has 7 nitrogen and oxygen atoms in total. The van der Waals surface area contributed by atoms with E-state index in [0.717, 1.165) is 11.7 Å². The molecule has 23 heavy (non-hydrogen) atoms. The maximum atomic E-state index is 12.0. The maximum absolute atomic E-state index is 12.0. The van der Waals surface area contributed by atoms with Gasteiger partial charge in [-0.1, -0.05) is 36.9 Å². The first-order valence-electron chi connectivity index (χ1n) is 7.44. The molecule has 1 rings (SSSR count). The van der Waals surface area contributed by atoms with E-state index in [9.17, 15) is 9.59 Å². The third-order valence-electron chi connectivity index (χ3n) is 2.44. The van der Waals surface area contributed by atoms with Gasteiger partial charge in [-0.15, -0.1) is 10.2 Å². The van der Waals surface area contributed by atoms with Gasteiger partial charge in [0, 0.05) is 12.1 Å². The summed E-state index contributed by atoms with van der Waals surface area (Å²) in [6, 6.07) is -0.494. The van der Waals surface area contributed by atoms with Gasteiger partial charge in [-0.3, -0.25) is 10.1 Å². The number of anilines is 1. The average molecular weight is 360 g/mol. The summed E-state index contributed by atoms with van der Waals surface area (Å²) < 4.78 is 0.690. The first kappa shape index (κ1) is 19.7. The Balaban J connectivity index is 2.47. The number of nitrogens with one attached hydrogen (secondary N) is 3. The fourth-order valence-corrected chi connectivity index (χ4v) is 3.31. The zero-order chi connectivity index (χ0) is 17.6. The van der Waals surface area contributed by atoms with Gasteiger partial charge in [0.25, 0.3) is 0 Å². The average Bonchev–Trinajstić information content (AvgIpc) is 2.81. The van der Waals surface area contributed by atoms with E-state index in [2.05, 4.69) is 40.0 Å². The number of hydrogen-bond donors (Lipinski definition) is 3. The molecule has 0 aliphatic rings. The molecule has 3 amide bonds. The Labute approximate surface area is 145 Å². The van der Waals surface area contributed by atoms with Crippen LogP contribution in [0, 0.1) is 5.92 Å². The second-order valence-electron chi connectivity index (χ2n) is 6.60. The van der Waals surface area contributed by atoms with E-state index in [1.165, 1.54) is 23.1 Å². The van der Waals surface area contributed by atoms with Gasteiger partial charge < -0.3 is 10.6 Å². The molecule has 0 fully saturated rings. The van der Waals surface area contributed by atoms with Crippen LogP contribution in [0.4, 0.5) is 9.93 Å². The zero-order valence-electron chi connectivity index (χ0n) is 14.4. The fourth-order valence-electron chi connectivity index (χ4n) is 1.41. The highest BCUT2D eigenvalue weighted by molar-refractivity contribution is 8.02. The summed E-state index contributed by atoms with van der Waals surface area (Å²) >= 11 is 2.68. The standard InChI is InChI=1S/C14H25N5O2S2/c1-8(2)7-15-12-18-19-13(23-12)22-9(3)10(20)16-11(21)17-14(4,5)6/h8-9H,7H2,1-6H3,(H,15,18)(H2,16,17,20,21)/t9-/m0/s1. The Morgan fingerprint density at radius 3 is 2.43 bits per heavy atom. The monoisotopic (exact) mass is 359 g/mol. The van der Waals surface area contributed by atoms with Gasteiger partial charge in [0.2, 0.25) is 11.0 Å². The molecule has 1 aromatic heterocycles. The maximum Gasteiger partial charge on any atom is 0.321 e. The molecule has 0 aliphatic carbocycles. The lowest BCUT2D eigenvalue weighted by Crippen LogP contribution is -2.49. The summed E-state index contributed by atoms with van der Waals surface area (Å²) in [5.41, 5.74) is -0.392. The molecule has 0 aromatic carbocycles. The number of urea groups is 1. The van der Waals surface area contributed by atoms with Gasteiger partial charge in [-0.05, 0) is 33.6 Å². The van der Waals surface area contributed by atoms with E-state index in [4.69, 9.17) is 0 Å². The number of rotatable bonds is 6. The number of amides is 3. The van der Waals surface area contributed by atoms with E-state index in [1.807, 2.05) is 20.8 Å². The van der Waals surface area contributed by atoms with Crippen molar-refractivity contribution < 1.29 is 9.59 Å². The molecule has 1 heterocycles.